The predicted octanol–water partition coefficient (Wildman–Crippen LogP) is 3.23. The summed E-state index contributed by atoms with van der Waals surface area (Å²) >= 11 is 0. The molecule has 2 atom stereocenters. The van der Waals surface area contributed by atoms with E-state index in [9.17, 15) is 14.3 Å². The SMILES string of the molecule is O=C(O)C(NC1CCc2cc(F)ccc21)c1ccccc1. The van der Waals surface area contributed by atoms with Crippen LogP contribution >= 0.6 is 0 Å². The van der Waals surface area contributed by atoms with E-state index in [2.05, 4.69) is 5.32 Å². The molecule has 2 unspecified atom stereocenters. The van der Waals surface area contributed by atoms with Gasteiger partial charge in [-0.2, -0.15) is 0 Å². The molecule has 0 saturated carbocycles. The van der Waals surface area contributed by atoms with Crippen molar-refractivity contribution in [2.75, 3.05) is 0 Å². The number of carboxylic acid groups (broad SMARTS) is 1. The molecule has 0 aromatic heterocycles. The van der Waals surface area contributed by atoms with E-state index in [1.165, 1.54) is 12.1 Å². The Morgan fingerprint density at radius 3 is 2.71 bits per heavy atom. The Hall–Kier alpha value is -2.20. The molecule has 0 spiro atoms. The van der Waals surface area contributed by atoms with Crippen LogP contribution in [0.5, 0.6) is 0 Å². The molecule has 0 fully saturated rings. The van der Waals surface area contributed by atoms with Crippen molar-refractivity contribution in [3.8, 4) is 0 Å². The van der Waals surface area contributed by atoms with Gasteiger partial charge in [-0.15, -0.1) is 0 Å². The molecular formula is C17H16FNO2. The number of rotatable bonds is 4. The summed E-state index contributed by atoms with van der Waals surface area (Å²) in [7, 11) is 0. The number of carbonyl (C=O) groups is 1. The molecule has 0 bridgehead atoms. The van der Waals surface area contributed by atoms with Gasteiger partial charge in [-0.1, -0.05) is 36.4 Å². The van der Waals surface area contributed by atoms with E-state index < -0.39 is 12.0 Å². The van der Waals surface area contributed by atoms with Gasteiger partial charge in [0, 0.05) is 6.04 Å². The molecule has 2 N–H and O–H groups in total. The van der Waals surface area contributed by atoms with Crippen LogP contribution in [0.3, 0.4) is 0 Å². The number of aryl methyl sites for hydroxylation is 1. The molecular weight excluding hydrogens is 269 g/mol. The molecule has 1 aliphatic rings. The summed E-state index contributed by atoms with van der Waals surface area (Å²) in [6.45, 7) is 0. The largest absolute Gasteiger partial charge is 0.480 e. The van der Waals surface area contributed by atoms with Crippen molar-refractivity contribution < 1.29 is 14.3 Å². The highest BCUT2D eigenvalue weighted by Gasteiger charge is 2.28. The van der Waals surface area contributed by atoms with Crippen molar-refractivity contribution in [2.24, 2.45) is 0 Å². The highest BCUT2D eigenvalue weighted by molar-refractivity contribution is 5.75. The first kappa shape index (κ1) is 13.8. The average molecular weight is 285 g/mol. The van der Waals surface area contributed by atoms with E-state index in [0.29, 0.717) is 0 Å². The Bertz CT molecular complexity index is 657. The van der Waals surface area contributed by atoms with E-state index in [1.54, 1.807) is 18.2 Å². The van der Waals surface area contributed by atoms with Crippen molar-refractivity contribution in [1.29, 1.82) is 0 Å². The Morgan fingerprint density at radius 2 is 2.00 bits per heavy atom. The standard InChI is InChI=1S/C17H16FNO2/c18-13-7-8-14-12(10-13)6-9-15(14)19-16(17(20)21)11-4-2-1-3-5-11/h1-5,7-8,10,15-16,19H,6,9H2,(H,20,21). The van der Waals surface area contributed by atoms with E-state index in [0.717, 1.165) is 29.5 Å². The van der Waals surface area contributed by atoms with Crippen LogP contribution in [0.25, 0.3) is 0 Å². The Labute approximate surface area is 122 Å². The number of benzene rings is 2. The molecule has 2 aromatic rings. The van der Waals surface area contributed by atoms with Gasteiger partial charge in [0.15, 0.2) is 0 Å². The van der Waals surface area contributed by atoms with Gasteiger partial charge in [-0.05, 0) is 41.7 Å². The van der Waals surface area contributed by atoms with Gasteiger partial charge in [-0.25, -0.2) is 4.39 Å². The molecule has 3 nitrogen and oxygen atoms in total. The normalized spacial score (nSPS) is 18.2. The average Bonchev–Trinajstić information content (AvgIpc) is 2.87. The fourth-order valence-electron chi connectivity index (χ4n) is 2.92. The summed E-state index contributed by atoms with van der Waals surface area (Å²) < 4.78 is 13.2. The van der Waals surface area contributed by atoms with Crippen LogP contribution in [-0.4, -0.2) is 11.1 Å². The third kappa shape index (κ3) is 2.81. The lowest BCUT2D eigenvalue weighted by atomic mass is 10.0. The van der Waals surface area contributed by atoms with Crippen LogP contribution in [-0.2, 0) is 11.2 Å². The first-order valence-electron chi connectivity index (χ1n) is 6.97. The molecule has 2 aromatic carbocycles. The van der Waals surface area contributed by atoms with Crippen molar-refractivity contribution >= 4 is 5.97 Å². The van der Waals surface area contributed by atoms with E-state index >= 15 is 0 Å². The molecule has 0 amide bonds. The zero-order valence-corrected chi connectivity index (χ0v) is 11.4. The maximum Gasteiger partial charge on any atom is 0.325 e. The molecule has 108 valence electrons. The minimum absolute atomic E-state index is 0.0538. The zero-order chi connectivity index (χ0) is 14.8. The second kappa shape index (κ2) is 5.66. The van der Waals surface area contributed by atoms with E-state index in [4.69, 9.17) is 0 Å². The highest BCUT2D eigenvalue weighted by Crippen LogP contribution is 2.33. The number of hydrogen-bond acceptors (Lipinski definition) is 2. The van der Waals surface area contributed by atoms with Crippen molar-refractivity contribution in [3.05, 3.63) is 71.0 Å². The van der Waals surface area contributed by atoms with Gasteiger partial charge < -0.3 is 5.11 Å². The van der Waals surface area contributed by atoms with Crippen molar-refractivity contribution in [1.82, 2.24) is 5.32 Å². The number of nitrogens with one attached hydrogen (secondary N) is 1. The van der Waals surface area contributed by atoms with Crippen LogP contribution < -0.4 is 5.32 Å². The molecule has 1 aliphatic carbocycles. The summed E-state index contributed by atoms with van der Waals surface area (Å²) in [5.41, 5.74) is 2.68. The second-order valence-corrected chi connectivity index (χ2v) is 5.28. The van der Waals surface area contributed by atoms with Crippen LogP contribution in [0.1, 0.15) is 35.2 Å². The monoisotopic (exact) mass is 285 g/mol. The van der Waals surface area contributed by atoms with Gasteiger partial charge in [0.25, 0.3) is 0 Å². The Balaban J connectivity index is 1.85. The fraction of sp³-hybridized carbons (Fsp3) is 0.235. The topological polar surface area (TPSA) is 49.3 Å². The van der Waals surface area contributed by atoms with Crippen molar-refractivity contribution in [3.63, 3.8) is 0 Å². The lowest BCUT2D eigenvalue weighted by molar-refractivity contribution is -0.139. The second-order valence-electron chi connectivity index (χ2n) is 5.28. The van der Waals surface area contributed by atoms with E-state index in [-0.39, 0.29) is 11.9 Å². The molecule has 4 heteroatoms. The third-order valence-corrected chi connectivity index (χ3v) is 3.93. The highest BCUT2D eigenvalue weighted by atomic mass is 19.1. The van der Waals surface area contributed by atoms with Gasteiger partial charge in [-0.3, -0.25) is 10.1 Å². The lowest BCUT2D eigenvalue weighted by Gasteiger charge is -2.21. The van der Waals surface area contributed by atoms with E-state index in [1.807, 2.05) is 18.2 Å². The maximum absolute atomic E-state index is 13.2. The minimum Gasteiger partial charge on any atom is -0.480 e. The van der Waals surface area contributed by atoms with Crippen molar-refractivity contribution in [2.45, 2.75) is 24.9 Å². The smallest absolute Gasteiger partial charge is 0.325 e. The summed E-state index contributed by atoms with van der Waals surface area (Å²) in [6.07, 6.45) is 1.56. The number of hydrogen-bond donors (Lipinski definition) is 2. The lowest BCUT2D eigenvalue weighted by Crippen LogP contribution is -2.31. The van der Waals surface area contributed by atoms with Gasteiger partial charge >= 0.3 is 5.97 Å². The molecule has 0 saturated heterocycles. The zero-order valence-electron chi connectivity index (χ0n) is 11.4. The number of aliphatic carboxylic acids is 1. The quantitative estimate of drug-likeness (QED) is 0.906. The third-order valence-electron chi connectivity index (χ3n) is 3.93. The maximum atomic E-state index is 13.2. The summed E-state index contributed by atoms with van der Waals surface area (Å²) in [5.74, 6) is -1.15. The van der Waals surface area contributed by atoms with Crippen LogP contribution in [0.2, 0.25) is 0 Å². The van der Waals surface area contributed by atoms with Crippen LogP contribution in [0.4, 0.5) is 4.39 Å². The molecule has 0 heterocycles. The van der Waals surface area contributed by atoms with Crippen LogP contribution in [0, 0.1) is 5.82 Å². The summed E-state index contributed by atoms with van der Waals surface area (Å²) in [6, 6.07) is 13.0. The Kier molecular flexibility index (Phi) is 3.71. The minimum atomic E-state index is -0.906. The summed E-state index contributed by atoms with van der Waals surface area (Å²) in [4.78, 5) is 11.5. The molecule has 21 heavy (non-hydrogen) atoms. The van der Waals surface area contributed by atoms with Crippen LogP contribution in [0.15, 0.2) is 48.5 Å². The number of fused-ring (bicyclic) bond motifs is 1. The Morgan fingerprint density at radius 1 is 1.24 bits per heavy atom. The number of halogens is 1. The molecule has 0 aliphatic heterocycles. The number of carboxylic acids is 1. The van der Waals surface area contributed by atoms with Gasteiger partial charge in [0.1, 0.15) is 11.9 Å². The molecule has 0 radical (unpaired) electrons. The fourth-order valence-corrected chi connectivity index (χ4v) is 2.92. The molecule has 3 rings (SSSR count). The first-order valence-corrected chi connectivity index (χ1v) is 6.97. The van der Waals surface area contributed by atoms with Gasteiger partial charge in [0.05, 0.1) is 0 Å². The summed E-state index contributed by atoms with van der Waals surface area (Å²) in [5, 5.41) is 12.6. The first-order chi connectivity index (χ1) is 10.1. The van der Waals surface area contributed by atoms with Gasteiger partial charge in [0.2, 0.25) is 0 Å². The predicted molar refractivity (Wildman–Crippen MR) is 77.4 cm³/mol.